The van der Waals surface area contributed by atoms with E-state index < -0.39 is 5.97 Å². The number of nitrogens with one attached hydrogen (secondary N) is 2. The van der Waals surface area contributed by atoms with E-state index in [9.17, 15) is 4.79 Å². The van der Waals surface area contributed by atoms with Crippen molar-refractivity contribution in [2.24, 2.45) is 0 Å². The number of esters is 1. The standard InChI is InChI=1S/C17H22ClN5O2/c1-23(2)8-4-7-19-15-10-16(21-11-20-15)22-14-9-12(17(24)25-3)5-6-13(14)18/h5-6,9-11H,4,7-8H2,1-3H3,(H2,19,20,21,22). The molecular weight excluding hydrogens is 342 g/mol. The van der Waals surface area contributed by atoms with Crippen molar-refractivity contribution in [3.05, 3.63) is 41.2 Å². The number of hydrogen-bond acceptors (Lipinski definition) is 7. The molecule has 0 bridgehead atoms. The fourth-order valence-electron chi connectivity index (χ4n) is 2.14. The molecule has 0 aliphatic rings. The van der Waals surface area contributed by atoms with Crippen LogP contribution in [0.4, 0.5) is 17.3 Å². The number of nitrogens with zero attached hydrogens (tertiary/aromatic N) is 3. The maximum absolute atomic E-state index is 11.6. The lowest BCUT2D eigenvalue weighted by Gasteiger charge is -2.12. The van der Waals surface area contributed by atoms with Gasteiger partial charge in [0.2, 0.25) is 0 Å². The van der Waals surface area contributed by atoms with E-state index in [1.165, 1.54) is 13.4 Å². The summed E-state index contributed by atoms with van der Waals surface area (Å²) in [5.74, 6) is 0.871. The Hall–Kier alpha value is -2.38. The molecule has 0 spiro atoms. The maximum atomic E-state index is 11.6. The van der Waals surface area contributed by atoms with Crippen LogP contribution in [-0.2, 0) is 4.74 Å². The molecule has 0 fully saturated rings. The van der Waals surface area contributed by atoms with Gasteiger partial charge in [0.1, 0.15) is 18.0 Å². The molecule has 8 heteroatoms. The second-order valence-electron chi connectivity index (χ2n) is 5.68. The van der Waals surface area contributed by atoms with Gasteiger partial charge in [0.25, 0.3) is 0 Å². The number of halogens is 1. The molecule has 0 aliphatic carbocycles. The second kappa shape index (κ2) is 9.19. The third-order valence-electron chi connectivity index (χ3n) is 3.41. The minimum Gasteiger partial charge on any atom is -0.465 e. The number of methoxy groups -OCH3 is 1. The van der Waals surface area contributed by atoms with Crippen LogP contribution in [0.15, 0.2) is 30.6 Å². The van der Waals surface area contributed by atoms with Crippen LogP contribution in [0.1, 0.15) is 16.8 Å². The van der Waals surface area contributed by atoms with Gasteiger partial charge in [-0.15, -0.1) is 0 Å². The highest BCUT2D eigenvalue weighted by atomic mass is 35.5. The predicted octanol–water partition coefficient (Wildman–Crippen LogP) is 3.02. The van der Waals surface area contributed by atoms with Gasteiger partial charge in [-0.25, -0.2) is 14.8 Å². The van der Waals surface area contributed by atoms with Crippen LogP contribution in [0.2, 0.25) is 5.02 Å². The van der Waals surface area contributed by atoms with Crippen LogP contribution in [0.5, 0.6) is 0 Å². The number of anilines is 3. The van der Waals surface area contributed by atoms with Crippen LogP contribution in [0.3, 0.4) is 0 Å². The molecule has 1 aromatic heterocycles. The smallest absolute Gasteiger partial charge is 0.337 e. The van der Waals surface area contributed by atoms with Crippen LogP contribution >= 0.6 is 11.6 Å². The Morgan fingerprint density at radius 2 is 2.00 bits per heavy atom. The van der Waals surface area contributed by atoms with Crippen LogP contribution < -0.4 is 10.6 Å². The molecule has 2 rings (SSSR count). The molecule has 2 aromatic rings. The SMILES string of the molecule is COC(=O)c1ccc(Cl)c(Nc2cc(NCCCN(C)C)ncn2)c1. The number of aromatic nitrogens is 2. The molecule has 0 saturated carbocycles. The number of carbonyl (C=O) groups is 1. The van der Waals surface area contributed by atoms with Crippen molar-refractivity contribution in [3.63, 3.8) is 0 Å². The molecule has 0 unspecified atom stereocenters. The van der Waals surface area contributed by atoms with E-state index in [0.29, 0.717) is 22.1 Å². The van der Waals surface area contributed by atoms with Crippen molar-refractivity contribution in [1.29, 1.82) is 0 Å². The molecule has 7 nitrogen and oxygen atoms in total. The molecular formula is C17H22ClN5O2. The first-order valence-corrected chi connectivity index (χ1v) is 8.23. The molecule has 1 aromatic carbocycles. The first-order chi connectivity index (χ1) is 12.0. The summed E-state index contributed by atoms with van der Waals surface area (Å²) in [5, 5.41) is 6.83. The Morgan fingerprint density at radius 3 is 2.72 bits per heavy atom. The first kappa shape index (κ1) is 19.0. The van der Waals surface area contributed by atoms with Crippen LogP contribution in [-0.4, -0.2) is 55.1 Å². The Kier molecular flexibility index (Phi) is 6.97. The molecule has 0 saturated heterocycles. The van der Waals surface area contributed by atoms with Gasteiger partial charge < -0.3 is 20.3 Å². The lowest BCUT2D eigenvalue weighted by atomic mass is 10.2. The summed E-state index contributed by atoms with van der Waals surface area (Å²) in [6, 6.07) is 6.66. The van der Waals surface area contributed by atoms with E-state index in [-0.39, 0.29) is 0 Å². The van der Waals surface area contributed by atoms with Gasteiger partial charge in [0, 0.05) is 12.6 Å². The number of benzene rings is 1. The topological polar surface area (TPSA) is 79.4 Å². The fraction of sp³-hybridized carbons (Fsp3) is 0.353. The Bertz CT molecular complexity index is 724. The molecule has 2 N–H and O–H groups in total. The Labute approximate surface area is 152 Å². The summed E-state index contributed by atoms with van der Waals surface area (Å²) < 4.78 is 4.72. The van der Waals surface area contributed by atoms with E-state index in [2.05, 4.69) is 25.5 Å². The van der Waals surface area contributed by atoms with Gasteiger partial charge in [-0.2, -0.15) is 0 Å². The van der Waals surface area contributed by atoms with E-state index in [4.69, 9.17) is 16.3 Å². The summed E-state index contributed by atoms with van der Waals surface area (Å²) >= 11 is 6.19. The monoisotopic (exact) mass is 363 g/mol. The zero-order valence-electron chi connectivity index (χ0n) is 14.5. The summed E-state index contributed by atoms with van der Waals surface area (Å²) in [6.45, 7) is 1.81. The highest BCUT2D eigenvalue weighted by Gasteiger charge is 2.10. The van der Waals surface area contributed by atoms with Gasteiger partial charge in [-0.3, -0.25) is 0 Å². The van der Waals surface area contributed by atoms with E-state index in [0.717, 1.165) is 25.3 Å². The van der Waals surface area contributed by atoms with Gasteiger partial charge in [-0.05, 0) is 45.3 Å². The quantitative estimate of drug-likeness (QED) is 0.551. The Morgan fingerprint density at radius 1 is 1.24 bits per heavy atom. The van der Waals surface area contributed by atoms with Crippen LogP contribution in [0, 0.1) is 0 Å². The lowest BCUT2D eigenvalue weighted by Crippen LogP contribution is -2.16. The molecule has 0 aliphatic heterocycles. The number of ether oxygens (including phenoxy) is 1. The van der Waals surface area contributed by atoms with E-state index >= 15 is 0 Å². The molecule has 134 valence electrons. The van der Waals surface area contributed by atoms with Crippen molar-refractivity contribution < 1.29 is 9.53 Å². The van der Waals surface area contributed by atoms with Crippen LogP contribution in [0.25, 0.3) is 0 Å². The van der Waals surface area contributed by atoms with Gasteiger partial charge in [-0.1, -0.05) is 11.6 Å². The molecule has 25 heavy (non-hydrogen) atoms. The summed E-state index contributed by atoms with van der Waals surface area (Å²) in [7, 11) is 5.42. The van der Waals surface area contributed by atoms with Gasteiger partial charge in [0.15, 0.2) is 0 Å². The highest BCUT2D eigenvalue weighted by Crippen LogP contribution is 2.26. The summed E-state index contributed by atoms with van der Waals surface area (Å²) in [6.07, 6.45) is 2.47. The van der Waals surface area contributed by atoms with Gasteiger partial charge >= 0.3 is 5.97 Å². The number of rotatable bonds is 8. The Balaban J connectivity index is 2.05. The number of carbonyl (C=O) groups excluding carboxylic acids is 1. The first-order valence-electron chi connectivity index (χ1n) is 7.85. The zero-order chi connectivity index (χ0) is 18.2. The second-order valence-corrected chi connectivity index (χ2v) is 6.09. The summed E-state index contributed by atoms with van der Waals surface area (Å²) in [5.41, 5.74) is 0.979. The maximum Gasteiger partial charge on any atom is 0.337 e. The highest BCUT2D eigenvalue weighted by molar-refractivity contribution is 6.33. The van der Waals surface area contributed by atoms with E-state index in [1.54, 1.807) is 24.3 Å². The molecule has 0 amide bonds. The fourth-order valence-corrected chi connectivity index (χ4v) is 2.30. The van der Waals surface area contributed by atoms with Gasteiger partial charge in [0.05, 0.1) is 23.4 Å². The minimum absolute atomic E-state index is 0.408. The van der Waals surface area contributed by atoms with Crippen molar-refractivity contribution >= 4 is 34.9 Å². The normalized spacial score (nSPS) is 10.6. The third kappa shape index (κ3) is 5.88. The largest absolute Gasteiger partial charge is 0.465 e. The average Bonchev–Trinajstić information content (AvgIpc) is 2.60. The van der Waals surface area contributed by atoms with Crippen molar-refractivity contribution in [2.75, 3.05) is 44.9 Å². The van der Waals surface area contributed by atoms with Crippen molar-refractivity contribution in [1.82, 2.24) is 14.9 Å². The number of hydrogen-bond donors (Lipinski definition) is 2. The third-order valence-corrected chi connectivity index (χ3v) is 3.74. The minimum atomic E-state index is -0.425. The molecule has 0 radical (unpaired) electrons. The molecule has 1 heterocycles. The summed E-state index contributed by atoms with van der Waals surface area (Å²) in [4.78, 5) is 22.2. The predicted molar refractivity (Wildman–Crippen MR) is 99.8 cm³/mol. The van der Waals surface area contributed by atoms with E-state index in [1.807, 2.05) is 14.1 Å². The van der Waals surface area contributed by atoms with Crippen molar-refractivity contribution in [2.45, 2.75) is 6.42 Å². The molecule has 0 atom stereocenters. The lowest BCUT2D eigenvalue weighted by molar-refractivity contribution is 0.0601. The van der Waals surface area contributed by atoms with Crippen molar-refractivity contribution in [3.8, 4) is 0 Å². The zero-order valence-corrected chi connectivity index (χ0v) is 15.3. The average molecular weight is 364 g/mol.